The molecule has 3 rings (SSSR count). The number of nitrogens with one attached hydrogen (secondary N) is 2. The SMILES string of the molecule is CC(=O)Nc1ccc(-c2csc(NCCc3ccccc3)n2)c(F)c1. The van der Waals surface area contributed by atoms with E-state index < -0.39 is 5.82 Å². The van der Waals surface area contributed by atoms with Crippen LogP contribution in [0.4, 0.5) is 15.2 Å². The molecule has 1 aromatic heterocycles. The summed E-state index contributed by atoms with van der Waals surface area (Å²) in [6, 6.07) is 14.8. The third kappa shape index (κ3) is 4.64. The number of amides is 1. The van der Waals surface area contributed by atoms with Gasteiger partial charge in [-0.3, -0.25) is 4.79 Å². The number of aromatic nitrogens is 1. The Labute approximate surface area is 149 Å². The molecule has 0 saturated heterocycles. The molecule has 0 unspecified atom stereocenters. The van der Waals surface area contributed by atoms with Gasteiger partial charge < -0.3 is 10.6 Å². The molecule has 2 aromatic carbocycles. The highest BCUT2D eigenvalue weighted by Crippen LogP contribution is 2.28. The Kier molecular flexibility index (Phi) is 5.40. The normalized spacial score (nSPS) is 10.5. The summed E-state index contributed by atoms with van der Waals surface area (Å²) in [6.07, 6.45) is 0.898. The maximum absolute atomic E-state index is 14.3. The number of thiazole rings is 1. The number of halogens is 1. The maximum atomic E-state index is 14.3. The van der Waals surface area contributed by atoms with E-state index in [-0.39, 0.29) is 5.91 Å². The second kappa shape index (κ2) is 7.90. The van der Waals surface area contributed by atoms with E-state index in [9.17, 15) is 9.18 Å². The Morgan fingerprint density at radius 1 is 1.20 bits per heavy atom. The highest BCUT2D eigenvalue weighted by atomic mass is 32.1. The molecule has 25 heavy (non-hydrogen) atoms. The third-order valence-electron chi connectivity index (χ3n) is 3.60. The number of anilines is 2. The van der Waals surface area contributed by atoms with Gasteiger partial charge in [-0.1, -0.05) is 30.3 Å². The van der Waals surface area contributed by atoms with Crippen LogP contribution in [-0.2, 0) is 11.2 Å². The molecule has 128 valence electrons. The standard InChI is InChI=1S/C19H18FN3OS/c1-13(24)22-15-7-8-16(17(20)11-15)18-12-25-19(23-18)21-10-9-14-5-3-2-4-6-14/h2-8,11-12H,9-10H2,1H3,(H,21,23)(H,22,24). The summed E-state index contributed by atoms with van der Waals surface area (Å²) >= 11 is 1.44. The summed E-state index contributed by atoms with van der Waals surface area (Å²) in [5.74, 6) is -0.641. The van der Waals surface area contributed by atoms with Crippen molar-refractivity contribution in [2.24, 2.45) is 0 Å². The van der Waals surface area contributed by atoms with Crippen LogP contribution in [0.15, 0.2) is 53.9 Å². The van der Waals surface area contributed by atoms with Crippen LogP contribution in [0.25, 0.3) is 11.3 Å². The first kappa shape index (κ1) is 17.1. The van der Waals surface area contributed by atoms with Crippen molar-refractivity contribution >= 4 is 28.1 Å². The Morgan fingerprint density at radius 3 is 2.72 bits per heavy atom. The molecule has 3 aromatic rings. The number of hydrogen-bond acceptors (Lipinski definition) is 4. The van der Waals surface area contributed by atoms with E-state index in [0.717, 1.165) is 18.1 Å². The molecule has 2 N–H and O–H groups in total. The minimum Gasteiger partial charge on any atom is -0.361 e. The van der Waals surface area contributed by atoms with E-state index in [1.807, 2.05) is 23.6 Å². The largest absolute Gasteiger partial charge is 0.361 e. The first-order valence-electron chi connectivity index (χ1n) is 7.92. The summed E-state index contributed by atoms with van der Waals surface area (Å²) in [6.45, 7) is 2.15. The van der Waals surface area contributed by atoms with Crippen molar-refractivity contribution in [2.75, 3.05) is 17.2 Å². The quantitative estimate of drug-likeness (QED) is 0.681. The van der Waals surface area contributed by atoms with Crippen LogP contribution >= 0.6 is 11.3 Å². The Morgan fingerprint density at radius 2 is 2.00 bits per heavy atom. The zero-order valence-electron chi connectivity index (χ0n) is 13.8. The van der Waals surface area contributed by atoms with Crippen LogP contribution in [0.2, 0.25) is 0 Å². The molecule has 1 amide bonds. The average Bonchev–Trinajstić information content (AvgIpc) is 3.04. The molecular formula is C19H18FN3OS. The highest BCUT2D eigenvalue weighted by molar-refractivity contribution is 7.14. The van der Waals surface area contributed by atoms with Crippen LogP contribution < -0.4 is 10.6 Å². The second-order valence-corrected chi connectivity index (χ2v) is 6.43. The number of nitrogens with zero attached hydrogens (tertiary/aromatic N) is 1. The minimum absolute atomic E-state index is 0.231. The topological polar surface area (TPSA) is 54.0 Å². The van der Waals surface area contributed by atoms with Gasteiger partial charge in [-0.05, 0) is 30.2 Å². The number of carbonyl (C=O) groups excluding carboxylic acids is 1. The number of hydrogen-bond donors (Lipinski definition) is 2. The van der Waals surface area contributed by atoms with Gasteiger partial charge >= 0.3 is 0 Å². The van der Waals surface area contributed by atoms with E-state index in [2.05, 4.69) is 27.8 Å². The van der Waals surface area contributed by atoms with Crippen molar-refractivity contribution in [3.63, 3.8) is 0 Å². The van der Waals surface area contributed by atoms with Crippen LogP contribution in [0, 0.1) is 5.82 Å². The summed E-state index contributed by atoms with van der Waals surface area (Å²) in [7, 11) is 0. The molecule has 1 heterocycles. The lowest BCUT2D eigenvalue weighted by atomic mass is 10.1. The first-order valence-corrected chi connectivity index (χ1v) is 8.80. The summed E-state index contributed by atoms with van der Waals surface area (Å²) < 4.78 is 14.3. The Bertz CT molecular complexity index is 864. The highest BCUT2D eigenvalue weighted by Gasteiger charge is 2.10. The van der Waals surface area contributed by atoms with Gasteiger partial charge in [-0.25, -0.2) is 9.37 Å². The monoisotopic (exact) mass is 355 g/mol. The molecule has 0 bridgehead atoms. The van der Waals surface area contributed by atoms with Crippen LogP contribution in [0.3, 0.4) is 0 Å². The van der Waals surface area contributed by atoms with E-state index in [1.165, 1.54) is 29.9 Å². The van der Waals surface area contributed by atoms with Crippen molar-refractivity contribution < 1.29 is 9.18 Å². The summed E-state index contributed by atoms with van der Waals surface area (Å²) in [5, 5.41) is 8.41. The zero-order valence-corrected chi connectivity index (χ0v) is 14.6. The van der Waals surface area contributed by atoms with Crippen LogP contribution in [0.5, 0.6) is 0 Å². The third-order valence-corrected chi connectivity index (χ3v) is 4.40. The van der Waals surface area contributed by atoms with Gasteiger partial charge in [-0.2, -0.15) is 0 Å². The van der Waals surface area contributed by atoms with Crippen molar-refractivity contribution in [2.45, 2.75) is 13.3 Å². The van der Waals surface area contributed by atoms with Gasteiger partial charge in [0.05, 0.1) is 5.69 Å². The lowest BCUT2D eigenvalue weighted by molar-refractivity contribution is -0.114. The van der Waals surface area contributed by atoms with Gasteiger partial charge in [0.2, 0.25) is 5.91 Å². The van der Waals surface area contributed by atoms with Crippen LogP contribution in [-0.4, -0.2) is 17.4 Å². The summed E-state index contributed by atoms with van der Waals surface area (Å²) in [5.41, 5.74) is 2.69. The Hall–Kier alpha value is -2.73. The van der Waals surface area contributed by atoms with E-state index in [1.54, 1.807) is 12.1 Å². The molecule has 0 spiro atoms. The molecule has 0 radical (unpaired) electrons. The smallest absolute Gasteiger partial charge is 0.221 e. The molecule has 0 atom stereocenters. The predicted octanol–water partition coefficient (Wildman–Crippen LogP) is 4.56. The van der Waals surface area contributed by atoms with Crippen molar-refractivity contribution in [3.05, 3.63) is 65.3 Å². The van der Waals surface area contributed by atoms with E-state index in [0.29, 0.717) is 16.9 Å². The van der Waals surface area contributed by atoms with Crippen molar-refractivity contribution in [1.29, 1.82) is 0 Å². The zero-order chi connectivity index (χ0) is 17.6. The number of carbonyl (C=O) groups is 1. The van der Waals surface area contributed by atoms with E-state index >= 15 is 0 Å². The average molecular weight is 355 g/mol. The Balaban J connectivity index is 1.64. The number of rotatable bonds is 6. The molecule has 0 saturated carbocycles. The van der Waals surface area contributed by atoms with Crippen LogP contribution in [0.1, 0.15) is 12.5 Å². The van der Waals surface area contributed by atoms with Crippen molar-refractivity contribution in [3.8, 4) is 11.3 Å². The van der Waals surface area contributed by atoms with E-state index in [4.69, 9.17) is 0 Å². The molecule has 0 aliphatic carbocycles. The molecule has 0 fully saturated rings. The summed E-state index contributed by atoms with van der Waals surface area (Å²) in [4.78, 5) is 15.5. The van der Waals surface area contributed by atoms with Crippen molar-refractivity contribution in [1.82, 2.24) is 4.98 Å². The van der Waals surface area contributed by atoms with Gasteiger partial charge in [0.25, 0.3) is 0 Å². The molecule has 0 aliphatic rings. The number of benzene rings is 2. The minimum atomic E-state index is -0.410. The second-order valence-electron chi connectivity index (χ2n) is 5.58. The van der Waals surface area contributed by atoms with Gasteiger partial charge in [0.1, 0.15) is 5.82 Å². The fourth-order valence-corrected chi connectivity index (χ4v) is 3.18. The predicted molar refractivity (Wildman–Crippen MR) is 100 cm³/mol. The molecule has 4 nitrogen and oxygen atoms in total. The van der Waals surface area contributed by atoms with Gasteiger partial charge in [0, 0.05) is 30.1 Å². The fourth-order valence-electron chi connectivity index (χ4n) is 2.44. The van der Waals surface area contributed by atoms with Gasteiger partial charge in [-0.15, -0.1) is 11.3 Å². The van der Waals surface area contributed by atoms with Gasteiger partial charge in [0.15, 0.2) is 5.13 Å². The molecule has 0 aliphatic heterocycles. The lowest BCUT2D eigenvalue weighted by Crippen LogP contribution is -2.06. The maximum Gasteiger partial charge on any atom is 0.221 e. The first-order chi connectivity index (χ1) is 12.1. The molecular weight excluding hydrogens is 337 g/mol. The molecule has 6 heteroatoms. The lowest BCUT2D eigenvalue weighted by Gasteiger charge is -2.05. The fraction of sp³-hybridized carbons (Fsp3) is 0.158.